The van der Waals surface area contributed by atoms with E-state index in [9.17, 15) is 8.42 Å². The molecule has 1 aliphatic rings. The number of guanidine groups is 1. The van der Waals surface area contributed by atoms with Crippen molar-refractivity contribution in [2.75, 3.05) is 46.0 Å². The Labute approximate surface area is 158 Å². The van der Waals surface area contributed by atoms with Crippen LogP contribution >= 0.6 is 24.0 Å². The molecule has 7 nitrogen and oxygen atoms in total. The van der Waals surface area contributed by atoms with Crippen molar-refractivity contribution in [3.05, 3.63) is 0 Å². The van der Waals surface area contributed by atoms with Crippen LogP contribution in [0.2, 0.25) is 0 Å². The maximum atomic E-state index is 11.0. The standard InChI is InChI=1S/C14H31N5O2S.HI/c1-4-5-10-19-11-6-13(7-12-19)18-14(15-2)16-8-9-17-22(3,20)21;/h13,17H,4-12H2,1-3H3,(H2,15,16,18);1H. The molecule has 0 aromatic rings. The van der Waals surface area contributed by atoms with Crippen LogP contribution in [0.25, 0.3) is 0 Å². The van der Waals surface area contributed by atoms with Gasteiger partial charge in [-0.3, -0.25) is 4.99 Å². The quantitative estimate of drug-likeness (QED) is 0.213. The van der Waals surface area contributed by atoms with E-state index in [4.69, 9.17) is 0 Å². The summed E-state index contributed by atoms with van der Waals surface area (Å²) in [6.45, 7) is 6.56. The maximum absolute atomic E-state index is 11.0. The van der Waals surface area contributed by atoms with Crippen LogP contribution in [0.1, 0.15) is 32.6 Å². The highest BCUT2D eigenvalue weighted by Gasteiger charge is 2.19. The highest BCUT2D eigenvalue weighted by molar-refractivity contribution is 14.0. The van der Waals surface area contributed by atoms with Gasteiger partial charge < -0.3 is 15.5 Å². The van der Waals surface area contributed by atoms with Gasteiger partial charge in [0.25, 0.3) is 0 Å². The molecule has 1 heterocycles. The first kappa shape index (κ1) is 22.9. The molecule has 1 rings (SSSR count). The molecule has 9 heteroatoms. The Balaban J connectivity index is 0.00000484. The lowest BCUT2D eigenvalue weighted by molar-refractivity contribution is 0.203. The number of hydrogen-bond donors (Lipinski definition) is 3. The van der Waals surface area contributed by atoms with E-state index < -0.39 is 10.0 Å². The van der Waals surface area contributed by atoms with E-state index in [1.807, 2.05) is 0 Å². The van der Waals surface area contributed by atoms with Crippen LogP contribution in [0, 0.1) is 0 Å². The monoisotopic (exact) mass is 461 g/mol. The summed E-state index contributed by atoms with van der Waals surface area (Å²) in [6, 6.07) is 0.437. The third-order valence-corrected chi connectivity index (χ3v) is 4.49. The summed E-state index contributed by atoms with van der Waals surface area (Å²) < 4.78 is 24.4. The van der Waals surface area contributed by atoms with Gasteiger partial charge in [-0.1, -0.05) is 13.3 Å². The molecule has 138 valence electrons. The number of nitrogens with zero attached hydrogens (tertiary/aromatic N) is 2. The second-order valence-corrected chi connectivity index (χ2v) is 7.61. The average molecular weight is 461 g/mol. The molecule has 3 N–H and O–H groups in total. The highest BCUT2D eigenvalue weighted by Crippen LogP contribution is 2.10. The Kier molecular flexibility index (Phi) is 12.2. The summed E-state index contributed by atoms with van der Waals surface area (Å²) in [5.41, 5.74) is 0. The number of halogens is 1. The number of rotatable bonds is 8. The van der Waals surface area contributed by atoms with Crippen molar-refractivity contribution in [3.8, 4) is 0 Å². The van der Waals surface area contributed by atoms with Gasteiger partial charge in [-0.15, -0.1) is 24.0 Å². The maximum Gasteiger partial charge on any atom is 0.208 e. The second-order valence-electron chi connectivity index (χ2n) is 5.78. The molecule has 0 amide bonds. The van der Waals surface area contributed by atoms with Crippen LogP contribution in [-0.4, -0.2) is 71.3 Å². The number of sulfonamides is 1. The van der Waals surface area contributed by atoms with Gasteiger partial charge in [0.1, 0.15) is 0 Å². The summed E-state index contributed by atoms with van der Waals surface area (Å²) in [7, 11) is -1.39. The lowest BCUT2D eigenvalue weighted by Gasteiger charge is -2.33. The lowest BCUT2D eigenvalue weighted by atomic mass is 10.0. The predicted molar refractivity (Wildman–Crippen MR) is 107 cm³/mol. The molecule has 1 aliphatic heterocycles. The molecule has 0 radical (unpaired) electrons. The minimum absolute atomic E-state index is 0. The first-order valence-corrected chi connectivity index (χ1v) is 9.98. The zero-order valence-corrected chi connectivity index (χ0v) is 17.6. The molecule has 0 aromatic heterocycles. The molecule has 1 fully saturated rings. The Morgan fingerprint density at radius 2 is 1.91 bits per heavy atom. The SMILES string of the molecule is CCCCN1CCC(NC(=NC)NCCNS(C)(=O)=O)CC1.I. The average Bonchev–Trinajstić information content (AvgIpc) is 2.48. The molecule has 1 saturated heterocycles. The van der Waals surface area contributed by atoms with Crippen LogP contribution in [0.5, 0.6) is 0 Å². The molecule has 0 saturated carbocycles. The fourth-order valence-corrected chi connectivity index (χ4v) is 2.96. The minimum Gasteiger partial charge on any atom is -0.355 e. The Hall–Kier alpha value is -0.130. The number of piperidine rings is 1. The van der Waals surface area contributed by atoms with Crippen molar-refractivity contribution in [3.63, 3.8) is 0 Å². The molecule has 0 bridgehead atoms. The highest BCUT2D eigenvalue weighted by atomic mass is 127. The van der Waals surface area contributed by atoms with E-state index in [2.05, 4.69) is 32.2 Å². The van der Waals surface area contributed by atoms with Gasteiger partial charge in [0, 0.05) is 39.3 Å². The largest absolute Gasteiger partial charge is 0.355 e. The van der Waals surface area contributed by atoms with Gasteiger partial charge in [-0.25, -0.2) is 13.1 Å². The van der Waals surface area contributed by atoms with Gasteiger partial charge >= 0.3 is 0 Å². The zero-order valence-electron chi connectivity index (χ0n) is 14.5. The number of aliphatic imine (C=N–C) groups is 1. The first-order chi connectivity index (χ1) is 10.4. The number of likely N-dealkylation sites (tertiary alicyclic amines) is 1. The van der Waals surface area contributed by atoms with Gasteiger partial charge in [-0.2, -0.15) is 0 Å². The van der Waals surface area contributed by atoms with E-state index >= 15 is 0 Å². The van der Waals surface area contributed by atoms with Gasteiger partial charge in [0.2, 0.25) is 10.0 Å². The van der Waals surface area contributed by atoms with Gasteiger partial charge in [0.05, 0.1) is 6.26 Å². The lowest BCUT2D eigenvalue weighted by Crippen LogP contribution is -2.49. The summed E-state index contributed by atoms with van der Waals surface area (Å²) in [5, 5.41) is 6.55. The molecule has 23 heavy (non-hydrogen) atoms. The predicted octanol–water partition coefficient (Wildman–Crippen LogP) is 0.583. The molecular formula is C14H32IN5O2S. The van der Waals surface area contributed by atoms with Crippen LogP contribution in [0.15, 0.2) is 4.99 Å². The molecule has 0 aromatic carbocycles. The van der Waals surface area contributed by atoms with Crippen molar-refractivity contribution in [1.82, 2.24) is 20.3 Å². The molecule has 0 unspecified atom stereocenters. The summed E-state index contributed by atoms with van der Waals surface area (Å²) in [4.78, 5) is 6.71. The van der Waals surface area contributed by atoms with Crippen molar-refractivity contribution in [2.24, 2.45) is 4.99 Å². The normalized spacial score (nSPS) is 17.6. The minimum atomic E-state index is -3.13. The van der Waals surface area contributed by atoms with E-state index in [1.165, 1.54) is 19.4 Å². The van der Waals surface area contributed by atoms with Crippen LogP contribution in [0.3, 0.4) is 0 Å². The summed E-state index contributed by atoms with van der Waals surface area (Å²) in [5.74, 6) is 0.738. The molecular weight excluding hydrogens is 429 g/mol. The van der Waals surface area contributed by atoms with Crippen LogP contribution < -0.4 is 15.4 Å². The molecule has 0 atom stereocenters. The Morgan fingerprint density at radius 3 is 2.43 bits per heavy atom. The third-order valence-electron chi connectivity index (χ3n) is 3.76. The van der Waals surface area contributed by atoms with Gasteiger partial charge in [-0.05, 0) is 25.8 Å². The molecule has 0 aliphatic carbocycles. The first-order valence-electron chi connectivity index (χ1n) is 8.08. The summed E-state index contributed by atoms with van der Waals surface area (Å²) >= 11 is 0. The van der Waals surface area contributed by atoms with Crippen molar-refractivity contribution in [1.29, 1.82) is 0 Å². The smallest absolute Gasteiger partial charge is 0.208 e. The van der Waals surface area contributed by atoms with E-state index in [-0.39, 0.29) is 24.0 Å². The topological polar surface area (TPSA) is 85.8 Å². The fourth-order valence-electron chi connectivity index (χ4n) is 2.49. The van der Waals surface area contributed by atoms with Crippen molar-refractivity contribution in [2.45, 2.75) is 38.6 Å². The van der Waals surface area contributed by atoms with Crippen molar-refractivity contribution < 1.29 is 8.42 Å². The molecule has 0 spiro atoms. The Morgan fingerprint density at radius 1 is 1.26 bits per heavy atom. The van der Waals surface area contributed by atoms with E-state index in [1.54, 1.807) is 7.05 Å². The third kappa shape index (κ3) is 11.1. The van der Waals surface area contributed by atoms with E-state index in [0.29, 0.717) is 19.1 Å². The van der Waals surface area contributed by atoms with Gasteiger partial charge in [0.15, 0.2) is 5.96 Å². The second kappa shape index (κ2) is 12.3. The number of unbranched alkanes of at least 4 members (excludes halogenated alkanes) is 1. The zero-order chi connectivity index (χ0) is 16.4. The van der Waals surface area contributed by atoms with E-state index in [0.717, 1.165) is 38.1 Å². The number of nitrogens with one attached hydrogen (secondary N) is 3. The Bertz CT molecular complexity index is 436. The van der Waals surface area contributed by atoms with Crippen LogP contribution in [0.4, 0.5) is 0 Å². The van der Waals surface area contributed by atoms with Crippen LogP contribution in [-0.2, 0) is 10.0 Å². The number of hydrogen-bond acceptors (Lipinski definition) is 4. The fraction of sp³-hybridized carbons (Fsp3) is 0.929. The summed E-state index contributed by atoms with van der Waals surface area (Å²) in [6.07, 6.45) is 5.91. The van der Waals surface area contributed by atoms with Crippen molar-refractivity contribution >= 4 is 40.0 Å².